The number of hydrogen-bond donors (Lipinski definition) is 0. The molecular formula is C17H27NO. The van der Waals surface area contributed by atoms with Crippen LogP contribution in [0.1, 0.15) is 49.8 Å². The summed E-state index contributed by atoms with van der Waals surface area (Å²) in [5.41, 5.74) is 5.89. The lowest BCUT2D eigenvalue weighted by Gasteiger charge is -2.47. The topological polar surface area (TPSA) is 12.5 Å². The minimum Gasteiger partial charge on any atom is -0.383 e. The van der Waals surface area contributed by atoms with Crippen LogP contribution in [0.15, 0.2) is 12.1 Å². The Kier molecular flexibility index (Phi) is 3.91. The van der Waals surface area contributed by atoms with Crippen LogP contribution in [-0.4, -0.2) is 25.8 Å². The Bertz CT molecular complexity index is 465. The highest BCUT2D eigenvalue weighted by Gasteiger charge is 2.36. The van der Waals surface area contributed by atoms with Crippen LogP contribution in [0.4, 0.5) is 5.69 Å². The molecule has 1 aromatic rings. The summed E-state index contributed by atoms with van der Waals surface area (Å²) < 4.78 is 5.29. The molecule has 1 heterocycles. The van der Waals surface area contributed by atoms with Gasteiger partial charge in [0.25, 0.3) is 0 Å². The van der Waals surface area contributed by atoms with Crippen molar-refractivity contribution in [2.24, 2.45) is 0 Å². The summed E-state index contributed by atoms with van der Waals surface area (Å²) in [6.07, 6.45) is 1.20. The van der Waals surface area contributed by atoms with Crippen molar-refractivity contribution < 1.29 is 4.74 Å². The van der Waals surface area contributed by atoms with Gasteiger partial charge in [0.15, 0.2) is 0 Å². The highest BCUT2D eigenvalue weighted by atomic mass is 16.5. The summed E-state index contributed by atoms with van der Waals surface area (Å²) in [5.74, 6) is 0.628. The first-order valence-electron chi connectivity index (χ1n) is 7.24. The standard InChI is InChI=1S/C17H27NO/c1-12-9-15-14(3)11-17(4,5)18(7-8-19-6)16(15)10-13(12)2/h9-10,14H,7-8,11H2,1-6H3. The number of fused-ring (bicyclic) bond motifs is 1. The maximum Gasteiger partial charge on any atom is 0.0638 e. The van der Waals surface area contributed by atoms with Gasteiger partial charge in [-0.3, -0.25) is 0 Å². The van der Waals surface area contributed by atoms with Crippen molar-refractivity contribution in [3.8, 4) is 0 Å². The average Bonchev–Trinajstić information content (AvgIpc) is 2.31. The molecular weight excluding hydrogens is 234 g/mol. The zero-order valence-electron chi connectivity index (χ0n) is 13.2. The third-order valence-electron chi connectivity index (χ3n) is 4.52. The molecule has 1 aromatic carbocycles. The van der Waals surface area contributed by atoms with E-state index in [1.165, 1.54) is 28.8 Å². The third-order valence-corrected chi connectivity index (χ3v) is 4.52. The van der Waals surface area contributed by atoms with E-state index in [-0.39, 0.29) is 5.54 Å². The maximum atomic E-state index is 5.29. The largest absolute Gasteiger partial charge is 0.383 e. The van der Waals surface area contributed by atoms with E-state index in [4.69, 9.17) is 4.74 Å². The third kappa shape index (κ3) is 2.64. The summed E-state index contributed by atoms with van der Waals surface area (Å²) in [6.45, 7) is 13.2. The molecule has 19 heavy (non-hydrogen) atoms. The van der Waals surface area contributed by atoms with Crippen molar-refractivity contribution in [3.63, 3.8) is 0 Å². The Morgan fingerprint density at radius 1 is 1.26 bits per heavy atom. The Hall–Kier alpha value is -1.02. The first-order valence-corrected chi connectivity index (χ1v) is 7.24. The molecule has 0 spiro atoms. The number of anilines is 1. The fourth-order valence-electron chi connectivity index (χ4n) is 3.35. The fourth-order valence-corrected chi connectivity index (χ4v) is 3.35. The molecule has 2 nitrogen and oxygen atoms in total. The zero-order chi connectivity index (χ0) is 14.2. The summed E-state index contributed by atoms with van der Waals surface area (Å²) >= 11 is 0. The highest BCUT2D eigenvalue weighted by molar-refractivity contribution is 5.62. The second kappa shape index (κ2) is 5.16. The highest BCUT2D eigenvalue weighted by Crippen LogP contribution is 2.44. The first-order chi connectivity index (χ1) is 8.86. The minimum atomic E-state index is 0.201. The predicted octanol–water partition coefficient (Wildman–Crippen LogP) is 4.04. The lowest BCUT2D eigenvalue weighted by atomic mass is 9.79. The molecule has 106 valence electrons. The quantitative estimate of drug-likeness (QED) is 0.814. The Morgan fingerprint density at radius 3 is 2.53 bits per heavy atom. The van der Waals surface area contributed by atoms with Crippen LogP contribution < -0.4 is 4.90 Å². The van der Waals surface area contributed by atoms with Crippen molar-refractivity contribution in [2.75, 3.05) is 25.2 Å². The van der Waals surface area contributed by atoms with E-state index in [0.29, 0.717) is 5.92 Å². The molecule has 0 N–H and O–H groups in total. The van der Waals surface area contributed by atoms with E-state index in [1.807, 2.05) is 0 Å². The van der Waals surface area contributed by atoms with E-state index in [9.17, 15) is 0 Å². The lowest BCUT2D eigenvalue weighted by Crippen LogP contribution is -2.49. The van der Waals surface area contributed by atoms with Gasteiger partial charge in [-0.05, 0) is 62.8 Å². The van der Waals surface area contributed by atoms with Gasteiger partial charge in [0.2, 0.25) is 0 Å². The summed E-state index contributed by atoms with van der Waals surface area (Å²) in [6, 6.07) is 4.74. The van der Waals surface area contributed by atoms with Crippen LogP contribution in [0.2, 0.25) is 0 Å². The molecule has 1 unspecified atom stereocenters. The van der Waals surface area contributed by atoms with E-state index in [0.717, 1.165) is 13.2 Å². The van der Waals surface area contributed by atoms with Crippen molar-refractivity contribution in [1.29, 1.82) is 0 Å². The summed E-state index contributed by atoms with van der Waals surface area (Å²) in [7, 11) is 1.78. The van der Waals surface area contributed by atoms with E-state index >= 15 is 0 Å². The number of hydrogen-bond acceptors (Lipinski definition) is 2. The van der Waals surface area contributed by atoms with Gasteiger partial charge in [0.05, 0.1) is 6.61 Å². The maximum absolute atomic E-state index is 5.29. The second-order valence-electron chi connectivity index (χ2n) is 6.56. The minimum absolute atomic E-state index is 0.201. The van der Waals surface area contributed by atoms with Gasteiger partial charge in [-0.25, -0.2) is 0 Å². The fraction of sp³-hybridized carbons (Fsp3) is 0.647. The van der Waals surface area contributed by atoms with Crippen molar-refractivity contribution in [3.05, 3.63) is 28.8 Å². The molecule has 0 fully saturated rings. The van der Waals surface area contributed by atoms with E-state index in [1.54, 1.807) is 7.11 Å². The van der Waals surface area contributed by atoms with Crippen molar-refractivity contribution >= 4 is 5.69 Å². The van der Waals surface area contributed by atoms with Crippen LogP contribution in [0.3, 0.4) is 0 Å². The Morgan fingerprint density at radius 2 is 1.89 bits per heavy atom. The molecule has 2 heteroatoms. The predicted molar refractivity (Wildman–Crippen MR) is 82.2 cm³/mol. The average molecular weight is 261 g/mol. The molecule has 1 aliphatic heterocycles. The number of benzene rings is 1. The van der Waals surface area contributed by atoms with Crippen LogP contribution in [0, 0.1) is 13.8 Å². The molecule has 0 bridgehead atoms. The van der Waals surface area contributed by atoms with Gasteiger partial charge in [-0.15, -0.1) is 0 Å². The van der Waals surface area contributed by atoms with Crippen molar-refractivity contribution in [1.82, 2.24) is 0 Å². The normalized spacial score (nSPS) is 21.4. The second-order valence-corrected chi connectivity index (χ2v) is 6.56. The van der Waals surface area contributed by atoms with E-state index < -0.39 is 0 Å². The molecule has 1 aliphatic rings. The van der Waals surface area contributed by atoms with E-state index in [2.05, 4.69) is 51.7 Å². The molecule has 0 aromatic heterocycles. The van der Waals surface area contributed by atoms with Crippen LogP contribution >= 0.6 is 0 Å². The first kappa shape index (κ1) is 14.4. The van der Waals surface area contributed by atoms with Gasteiger partial charge in [-0.1, -0.05) is 13.0 Å². The summed E-state index contributed by atoms with van der Waals surface area (Å²) in [5, 5.41) is 0. The van der Waals surface area contributed by atoms with Gasteiger partial charge < -0.3 is 9.64 Å². The summed E-state index contributed by atoms with van der Waals surface area (Å²) in [4.78, 5) is 2.53. The number of methoxy groups -OCH3 is 1. The molecule has 0 amide bonds. The number of aryl methyl sites for hydroxylation is 2. The number of nitrogens with zero attached hydrogens (tertiary/aromatic N) is 1. The molecule has 0 saturated carbocycles. The van der Waals surface area contributed by atoms with Gasteiger partial charge in [0.1, 0.15) is 0 Å². The number of ether oxygens (including phenoxy) is 1. The van der Waals surface area contributed by atoms with Gasteiger partial charge in [-0.2, -0.15) is 0 Å². The molecule has 0 radical (unpaired) electrons. The number of rotatable bonds is 3. The Labute approximate surface area is 117 Å². The monoisotopic (exact) mass is 261 g/mol. The van der Waals surface area contributed by atoms with Gasteiger partial charge >= 0.3 is 0 Å². The smallest absolute Gasteiger partial charge is 0.0638 e. The Balaban J connectivity index is 2.48. The molecule has 0 saturated heterocycles. The van der Waals surface area contributed by atoms with Gasteiger partial charge in [0, 0.05) is 24.9 Å². The van der Waals surface area contributed by atoms with Crippen molar-refractivity contribution in [2.45, 2.75) is 52.5 Å². The van der Waals surface area contributed by atoms with Crippen LogP contribution in [-0.2, 0) is 4.74 Å². The van der Waals surface area contributed by atoms with Crippen LogP contribution in [0.25, 0.3) is 0 Å². The molecule has 2 rings (SSSR count). The van der Waals surface area contributed by atoms with Crippen LogP contribution in [0.5, 0.6) is 0 Å². The SMILES string of the molecule is COCCN1c2cc(C)c(C)cc2C(C)CC1(C)C. The lowest BCUT2D eigenvalue weighted by molar-refractivity contribution is 0.196. The molecule has 1 atom stereocenters. The zero-order valence-corrected chi connectivity index (χ0v) is 13.2. The molecule has 0 aliphatic carbocycles.